The van der Waals surface area contributed by atoms with Crippen LogP contribution in [0.25, 0.3) is 22.5 Å². The fraction of sp³-hybridized carbons (Fsp3) is 0.0833. The highest BCUT2D eigenvalue weighted by Gasteiger charge is 2.11. The van der Waals surface area contributed by atoms with Crippen molar-refractivity contribution in [3.05, 3.63) is 108 Å². The number of nitrogens with zero attached hydrogens (tertiary/aromatic N) is 2. The van der Waals surface area contributed by atoms with E-state index in [4.69, 9.17) is 0 Å². The van der Waals surface area contributed by atoms with Gasteiger partial charge >= 0.3 is 0 Å². The van der Waals surface area contributed by atoms with Crippen molar-refractivity contribution in [3.8, 4) is 22.5 Å². The van der Waals surface area contributed by atoms with Crippen molar-refractivity contribution >= 4 is 0 Å². The Morgan fingerprint density at radius 1 is 0.615 bits per heavy atom. The van der Waals surface area contributed by atoms with Gasteiger partial charge in [0.25, 0.3) is 0 Å². The standard InChI is InChI=1S/C24H20N2/c1-18-12-13-22(24-11-5-7-15-26-24)20(16-18)17-19-8-2-3-9-21(19)23-10-4-6-14-25-23/h2-16H,17H2,1H3. The normalized spacial score (nSPS) is 10.7. The molecule has 0 radical (unpaired) electrons. The van der Waals surface area contributed by atoms with E-state index < -0.39 is 0 Å². The SMILES string of the molecule is Cc1ccc(-c2ccccn2)c(Cc2ccccc2-c2ccccn2)c1. The first kappa shape index (κ1) is 16.2. The molecule has 0 unspecified atom stereocenters. The lowest BCUT2D eigenvalue weighted by Gasteiger charge is -2.13. The summed E-state index contributed by atoms with van der Waals surface area (Å²) in [5.41, 5.74) is 8.21. The Balaban J connectivity index is 1.79. The molecule has 2 nitrogen and oxygen atoms in total. The lowest BCUT2D eigenvalue weighted by Crippen LogP contribution is -1.97. The summed E-state index contributed by atoms with van der Waals surface area (Å²) in [6.45, 7) is 2.14. The van der Waals surface area contributed by atoms with Crippen LogP contribution in [0.15, 0.2) is 91.3 Å². The molecular formula is C24H20N2. The molecule has 0 aliphatic carbocycles. The maximum atomic E-state index is 4.55. The summed E-state index contributed by atoms with van der Waals surface area (Å²) in [5, 5.41) is 0. The van der Waals surface area contributed by atoms with E-state index in [1.54, 1.807) is 0 Å². The number of pyridine rings is 2. The van der Waals surface area contributed by atoms with Crippen LogP contribution < -0.4 is 0 Å². The molecule has 0 amide bonds. The van der Waals surface area contributed by atoms with Crippen LogP contribution in [0.1, 0.15) is 16.7 Å². The van der Waals surface area contributed by atoms with Gasteiger partial charge in [-0.05, 0) is 48.7 Å². The lowest BCUT2D eigenvalue weighted by atomic mass is 9.92. The largest absolute Gasteiger partial charge is 0.256 e. The molecule has 0 bridgehead atoms. The van der Waals surface area contributed by atoms with Crippen molar-refractivity contribution in [1.82, 2.24) is 9.97 Å². The van der Waals surface area contributed by atoms with Crippen molar-refractivity contribution in [2.45, 2.75) is 13.3 Å². The number of rotatable bonds is 4. The zero-order chi connectivity index (χ0) is 17.8. The lowest BCUT2D eigenvalue weighted by molar-refractivity contribution is 1.16. The van der Waals surface area contributed by atoms with Gasteiger partial charge in [-0.25, -0.2) is 0 Å². The minimum absolute atomic E-state index is 0.848. The third kappa shape index (κ3) is 3.40. The highest BCUT2D eigenvalue weighted by atomic mass is 14.7. The van der Waals surface area contributed by atoms with Gasteiger partial charge in [0.2, 0.25) is 0 Å². The Bertz CT molecular complexity index is 1010. The van der Waals surface area contributed by atoms with E-state index in [0.29, 0.717) is 0 Å². The van der Waals surface area contributed by atoms with Gasteiger partial charge in [0.1, 0.15) is 0 Å². The number of hydrogen-bond donors (Lipinski definition) is 0. The molecule has 0 saturated carbocycles. The van der Waals surface area contributed by atoms with Crippen LogP contribution in [0.2, 0.25) is 0 Å². The van der Waals surface area contributed by atoms with Gasteiger partial charge in [0.05, 0.1) is 11.4 Å². The van der Waals surface area contributed by atoms with Crippen LogP contribution in [0.5, 0.6) is 0 Å². The fourth-order valence-corrected chi connectivity index (χ4v) is 3.29. The summed E-state index contributed by atoms with van der Waals surface area (Å²) < 4.78 is 0. The maximum absolute atomic E-state index is 4.55. The Kier molecular flexibility index (Phi) is 4.57. The van der Waals surface area contributed by atoms with Crippen LogP contribution >= 0.6 is 0 Å². The van der Waals surface area contributed by atoms with E-state index in [1.165, 1.54) is 27.8 Å². The van der Waals surface area contributed by atoms with E-state index in [9.17, 15) is 0 Å². The summed E-state index contributed by atoms with van der Waals surface area (Å²) in [6, 6.07) is 27.2. The van der Waals surface area contributed by atoms with Gasteiger partial charge in [-0.3, -0.25) is 9.97 Å². The highest BCUT2D eigenvalue weighted by molar-refractivity contribution is 5.68. The van der Waals surface area contributed by atoms with Gasteiger partial charge in [0, 0.05) is 23.5 Å². The predicted octanol–water partition coefficient (Wildman–Crippen LogP) is 5.71. The molecule has 0 aliphatic heterocycles. The van der Waals surface area contributed by atoms with Crippen LogP contribution in [-0.4, -0.2) is 9.97 Å². The first-order valence-electron chi connectivity index (χ1n) is 8.81. The fourth-order valence-electron chi connectivity index (χ4n) is 3.29. The van der Waals surface area contributed by atoms with Crippen molar-refractivity contribution in [2.75, 3.05) is 0 Å². The average Bonchev–Trinajstić information content (AvgIpc) is 2.70. The molecule has 2 aromatic heterocycles. The number of aryl methyl sites for hydroxylation is 1. The Labute approximate surface area is 154 Å². The van der Waals surface area contributed by atoms with Crippen LogP contribution in [-0.2, 0) is 6.42 Å². The monoisotopic (exact) mass is 336 g/mol. The quantitative estimate of drug-likeness (QED) is 0.477. The molecule has 0 fully saturated rings. The molecular weight excluding hydrogens is 316 g/mol. The first-order valence-corrected chi connectivity index (χ1v) is 8.81. The van der Waals surface area contributed by atoms with Gasteiger partial charge in [-0.1, -0.05) is 60.2 Å². The molecule has 4 rings (SSSR count). The van der Waals surface area contributed by atoms with E-state index >= 15 is 0 Å². The number of hydrogen-bond acceptors (Lipinski definition) is 2. The summed E-state index contributed by atoms with van der Waals surface area (Å²) in [4.78, 5) is 9.09. The second kappa shape index (κ2) is 7.32. The molecule has 4 aromatic rings. The second-order valence-electron chi connectivity index (χ2n) is 6.42. The van der Waals surface area contributed by atoms with Crippen molar-refractivity contribution in [2.24, 2.45) is 0 Å². The smallest absolute Gasteiger partial charge is 0.0704 e. The Hall–Kier alpha value is -3.26. The van der Waals surface area contributed by atoms with Gasteiger partial charge in [-0.2, -0.15) is 0 Å². The predicted molar refractivity (Wildman–Crippen MR) is 107 cm³/mol. The molecule has 2 heterocycles. The highest BCUT2D eigenvalue weighted by Crippen LogP contribution is 2.29. The third-order valence-electron chi connectivity index (χ3n) is 4.54. The van der Waals surface area contributed by atoms with Crippen LogP contribution in [0, 0.1) is 6.92 Å². The van der Waals surface area contributed by atoms with E-state index in [-0.39, 0.29) is 0 Å². The van der Waals surface area contributed by atoms with Gasteiger partial charge in [-0.15, -0.1) is 0 Å². The zero-order valence-electron chi connectivity index (χ0n) is 14.8. The average molecular weight is 336 g/mol. The third-order valence-corrected chi connectivity index (χ3v) is 4.54. The zero-order valence-corrected chi connectivity index (χ0v) is 14.8. The van der Waals surface area contributed by atoms with E-state index in [0.717, 1.165) is 17.8 Å². The van der Waals surface area contributed by atoms with Gasteiger partial charge < -0.3 is 0 Å². The Morgan fingerprint density at radius 3 is 1.88 bits per heavy atom. The molecule has 0 aliphatic rings. The molecule has 0 spiro atoms. The summed E-state index contributed by atoms with van der Waals surface area (Å²) in [6.07, 6.45) is 4.54. The molecule has 0 N–H and O–H groups in total. The molecule has 0 atom stereocenters. The Morgan fingerprint density at radius 2 is 1.23 bits per heavy atom. The molecule has 126 valence electrons. The van der Waals surface area contributed by atoms with Crippen LogP contribution in [0.4, 0.5) is 0 Å². The maximum Gasteiger partial charge on any atom is 0.0704 e. The number of aromatic nitrogens is 2. The molecule has 2 heteroatoms. The molecule has 26 heavy (non-hydrogen) atoms. The minimum atomic E-state index is 0.848. The number of benzene rings is 2. The summed E-state index contributed by atoms with van der Waals surface area (Å²) in [5.74, 6) is 0. The van der Waals surface area contributed by atoms with Crippen molar-refractivity contribution in [3.63, 3.8) is 0 Å². The molecule has 2 aromatic carbocycles. The first-order chi connectivity index (χ1) is 12.8. The molecule has 0 saturated heterocycles. The summed E-state index contributed by atoms with van der Waals surface area (Å²) in [7, 11) is 0. The van der Waals surface area contributed by atoms with E-state index in [1.807, 2.05) is 36.7 Å². The van der Waals surface area contributed by atoms with Gasteiger partial charge in [0.15, 0.2) is 0 Å². The second-order valence-corrected chi connectivity index (χ2v) is 6.42. The minimum Gasteiger partial charge on any atom is -0.256 e. The van der Waals surface area contributed by atoms with E-state index in [2.05, 4.69) is 71.5 Å². The topological polar surface area (TPSA) is 25.8 Å². The summed E-state index contributed by atoms with van der Waals surface area (Å²) >= 11 is 0. The van der Waals surface area contributed by atoms with Crippen molar-refractivity contribution in [1.29, 1.82) is 0 Å². The van der Waals surface area contributed by atoms with Crippen molar-refractivity contribution < 1.29 is 0 Å². The van der Waals surface area contributed by atoms with Crippen LogP contribution in [0.3, 0.4) is 0 Å².